The van der Waals surface area contributed by atoms with E-state index in [1.807, 2.05) is 0 Å². The molecule has 0 aromatic heterocycles. The van der Waals surface area contributed by atoms with E-state index < -0.39 is 0 Å². The molecule has 0 atom stereocenters. The molecule has 1 N–H and O–H groups in total. The summed E-state index contributed by atoms with van der Waals surface area (Å²) in [6.07, 6.45) is 0. The van der Waals surface area contributed by atoms with Crippen molar-refractivity contribution in [1.29, 1.82) is 0 Å². The second-order valence-corrected chi connectivity index (χ2v) is 2.17. The Bertz CT molecular complexity index is 220. The van der Waals surface area contributed by atoms with Crippen molar-refractivity contribution in [3.05, 3.63) is 23.4 Å². The standard InChI is InChI=1S/C7H10N2OS/c1-5(2)9-7(10)6(4-11)8-3/h4,11H,1,3H2,2H3,(H,9,10)/b6-4-. The number of carbonyl (C=O) groups is 1. The fraction of sp³-hybridized carbons (Fsp3) is 0.143. The zero-order valence-corrected chi connectivity index (χ0v) is 7.19. The maximum absolute atomic E-state index is 11.0. The van der Waals surface area contributed by atoms with Crippen LogP contribution in [0.25, 0.3) is 0 Å². The number of aliphatic imine (C=N–C) groups is 1. The fourth-order valence-corrected chi connectivity index (χ4v) is 0.628. The lowest BCUT2D eigenvalue weighted by atomic mass is 10.4. The zero-order valence-electron chi connectivity index (χ0n) is 6.29. The molecule has 0 heterocycles. The molecule has 0 saturated heterocycles. The maximum atomic E-state index is 11.0. The number of nitrogens with one attached hydrogen (secondary N) is 1. The van der Waals surface area contributed by atoms with Crippen molar-refractivity contribution < 1.29 is 4.79 Å². The lowest BCUT2D eigenvalue weighted by Gasteiger charge is -2.01. The summed E-state index contributed by atoms with van der Waals surface area (Å²) < 4.78 is 0. The third-order valence-electron chi connectivity index (χ3n) is 0.852. The van der Waals surface area contributed by atoms with Crippen LogP contribution < -0.4 is 5.32 Å². The molecule has 0 aromatic rings. The topological polar surface area (TPSA) is 41.5 Å². The Kier molecular flexibility index (Phi) is 4.29. The van der Waals surface area contributed by atoms with Crippen LogP contribution in [0, 0.1) is 0 Å². The molecule has 0 rings (SSSR count). The predicted octanol–water partition coefficient (Wildman–Crippen LogP) is 1.11. The number of rotatable bonds is 3. The summed E-state index contributed by atoms with van der Waals surface area (Å²) in [5.41, 5.74) is 0.739. The van der Waals surface area contributed by atoms with Gasteiger partial charge in [-0.05, 0) is 19.0 Å². The highest BCUT2D eigenvalue weighted by Crippen LogP contribution is 1.98. The lowest BCUT2D eigenvalue weighted by Crippen LogP contribution is -2.21. The number of allylic oxidation sites excluding steroid dienone is 1. The van der Waals surface area contributed by atoms with Gasteiger partial charge in [0, 0.05) is 5.70 Å². The van der Waals surface area contributed by atoms with Gasteiger partial charge >= 0.3 is 0 Å². The van der Waals surface area contributed by atoms with Crippen LogP contribution in [-0.2, 0) is 4.79 Å². The molecule has 0 aliphatic rings. The van der Waals surface area contributed by atoms with Crippen LogP contribution in [0.5, 0.6) is 0 Å². The average Bonchev–Trinajstić information content (AvgIpc) is 1.88. The van der Waals surface area contributed by atoms with Gasteiger partial charge in [-0.2, -0.15) is 0 Å². The monoisotopic (exact) mass is 170 g/mol. The Labute approximate surface area is 71.3 Å². The summed E-state index contributed by atoms with van der Waals surface area (Å²) >= 11 is 3.77. The molecule has 4 heteroatoms. The first-order valence-electron chi connectivity index (χ1n) is 2.89. The van der Waals surface area contributed by atoms with Gasteiger partial charge in [-0.1, -0.05) is 6.58 Å². The van der Waals surface area contributed by atoms with Crippen molar-refractivity contribution in [2.45, 2.75) is 6.92 Å². The highest BCUT2D eigenvalue weighted by Gasteiger charge is 2.04. The Morgan fingerprint density at radius 1 is 1.73 bits per heavy atom. The minimum absolute atomic E-state index is 0.177. The summed E-state index contributed by atoms with van der Waals surface area (Å²) in [6.45, 7) is 8.38. The molecular formula is C7H10N2OS. The largest absolute Gasteiger partial charge is 0.325 e. The molecule has 1 amide bonds. The lowest BCUT2D eigenvalue weighted by molar-refractivity contribution is -0.116. The summed E-state index contributed by atoms with van der Waals surface area (Å²) in [5, 5.41) is 3.74. The number of carbonyl (C=O) groups excluding carboxylic acids is 1. The minimum atomic E-state index is -0.345. The number of thiol groups is 1. The summed E-state index contributed by atoms with van der Waals surface area (Å²) in [4.78, 5) is 14.4. The van der Waals surface area contributed by atoms with E-state index in [0.29, 0.717) is 5.70 Å². The van der Waals surface area contributed by atoms with Crippen molar-refractivity contribution in [3.63, 3.8) is 0 Å². The van der Waals surface area contributed by atoms with Crippen LogP contribution in [0.15, 0.2) is 28.4 Å². The summed E-state index contributed by atoms with van der Waals surface area (Å²) in [5.74, 6) is -0.345. The molecule has 3 nitrogen and oxygen atoms in total. The molecule has 60 valence electrons. The van der Waals surface area contributed by atoms with Crippen molar-refractivity contribution in [2.24, 2.45) is 4.99 Å². The van der Waals surface area contributed by atoms with Crippen molar-refractivity contribution in [2.75, 3.05) is 0 Å². The van der Waals surface area contributed by atoms with E-state index in [0.717, 1.165) is 0 Å². The normalized spacial score (nSPS) is 10.5. The van der Waals surface area contributed by atoms with Gasteiger partial charge in [-0.3, -0.25) is 9.79 Å². The fourth-order valence-electron chi connectivity index (χ4n) is 0.429. The second-order valence-electron chi connectivity index (χ2n) is 1.91. The van der Waals surface area contributed by atoms with Gasteiger partial charge in [0.1, 0.15) is 5.70 Å². The SMILES string of the molecule is C=N/C(=C\S)C(=O)NC(=C)C. The molecule has 0 fully saturated rings. The quantitative estimate of drug-likeness (QED) is 0.372. The molecule has 0 spiro atoms. The van der Waals surface area contributed by atoms with Crippen LogP contribution in [0.4, 0.5) is 0 Å². The second kappa shape index (κ2) is 4.73. The number of hydrogen-bond acceptors (Lipinski definition) is 3. The summed E-state index contributed by atoms with van der Waals surface area (Å²) in [7, 11) is 0. The Morgan fingerprint density at radius 3 is 2.55 bits per heavy atom. The van der Waals surface area contributed by atoms with Crippen molar-refractivity contribution >= 4 is 25.3 Å². The summed E-state index contributed by atoms with van der Waals surface area (Å²) in [6, 6.07) is 0. The highest BCUT2D eigenvalue weighted by atomic mass is 32.1. The Morgan fingerprint density at radius 2 is 2.27 bits per heavy atom. The molecule has 0 aliphatic heterocycles. The average molecular weight is 170 g/mol. The van der Waals surface area contributed by atoms with Gasteiger partial charge in [-0.25, -0.2) is 0 Å². The van der Waals surface area contributed by atoms with Gasteiger partial charge in [-0.15, -0.1) is 12.6 Å². The molecular weight excluding hydrogens is 160 g/mol. The van der Waals surface area contributed by atoms with Crippen LogP contribution in [0.2, 0.25) is 0 Å². The van der Waals surface area contributed by atoms with Crippen LogP contribution >= 0.6 is 12.6 Å². The van der Waals surface area contributed by atoms with Crippen molar-refractivity contribution in [3.8, 4) is 0 Å². The minimum Gasteiger partial charge on any atom is -0.325 e. The van der Waals surface area contributed by atoms with E-state index in [9.17, 15) is 4.79 Å². The van der Waals surface area contributed by atoms with Crippen molar-refractivity contribution in [1.82, 2.24) is 5.32 Å². The van der Waals surface area contributed by atoms with Gasteiger partial charge in [0.15, 0.2) is 0 Å². The maximum Gasteiger partial charge on any atom is 0.274 e. The van der Waals surface area contributed by atoms with E-state index in [2.05, 4.69) is 36.2 Å². The molecule has 0 aromatic carbocycles. The van der Waals surface area contributed by atoms with Gasteiger partial charge < -0.3 is 5.32 Å². The molecule has 0 radical (unpaired) electrons. The number of hydrogen-bond donors (Lipinski definition) is 2. The predicted molar refractivity (Wildman–Crippen MR) is 49.6 cm³/mol. The van der Waals surface area contributed by atoms with Gasteiger partial charge in [0.05, 0.1) is 0 Å². The third-order valence-corrected chi connectivity index (χ3v) is 1.10. The van der Waals surface area contributed by atoms with E-state index in [4.69, 9.17) is 0 Å². The molecule has 0 bridgehead atoms. The highest BCUT2D eigenvalue weighted by molar-refractivity contribution is 7.83. The number of amides is 1. The molecule has 11 heavy (non-hydrogen) atoms. The van der Waals surface area contributed by atoms with Gasteiger partial charge in [0.25, 0.3) is 5.91 Å². The molecule has 0 aliphatic carbocycles. The van der Waals surface area contributed by atoms with E-state index in [1.54, 1.807) is 6.92 Å². The first-order valence-corrected chi connectivity index (χ1v) is 3.41. The van der Waals surface area contributed by atoms with Crippen LogP contribution in [0.3, 0.4) is 0 Å². The van der Waals surface area contributed by atoms with Crippen LogP contribution in [0.1, 0.15) is 6.92 Å². The van der Waals surface area contributed by atoms with E-state index >= 15 is 0 Å². The molecule has 0 unspecified atom stereocenters. The Balaban J connectivity index is 4.24. The smallest absolute Gasteiger partial charge is 0.274 e. The first kappa shape index (κ1) is 9.97. The Hall–Kier alpha value is -1.03. The third kappa shape index (κ3) is 3.62. The first-order chi connectivity index (χ1) is 5.11. The van der Waals surface area contributed by atoms with E-state index in [1.165, 1.54) is 5.41 Å². The van der Waals surface area contributed by atoms with Crippen LogP contribution in [-0.4, -0.2) is 12.6 Å². The molecule has 0 saturated carbocycles. The zero-order chi connectivity index (χ0) is 8.85. The van der Waals surface area contributed by atoms with E-state index in [-0.39, 0.29) is 11.6 Å². The van der Waals surface area contributed by atoms with Gasteiger partial charge in [0.2, 0.25) is 0 Å². The number of nitrogens with zero attached hydrogens (tertiary/aromatic N) is 1.